The molecule has 0 atom stereocenters. The topological polar surface area (TPSA) is 116 Å². The van der Waals surface area contributed by atoms with Crippen LogP contribution in [-0.2, 0) is 4.79 Å². The van der Waals surface area contributed by atoms with E-state index in [1.165, 1.54) is 12.1 Å². The minimum atomic E-state index is -0.559. The van der Waals surface area contributed by atoms with Crippen LogP contribution < -0.4 is 30.9 Å². The van der Waals surface area contributed by atoms with Gasteiger partial charge in [-0.2, -0.15) is 0 Å². The first kappa shape index (κ1) is 28.9. The van der Waals surface area contributed by atoms with Crippen molar-refractivity contribution in [2.24, 2.45) is 5.73 Å². The van der Waals surface area contributed by atoms with Gasteiger partial charge in [-0.25, -0.2) is 14.2 Å². The van der Waals surface area contributed by atoms with Gasteiger partial charge in [0.2, 0.25) is 6.41 Å². The maximum absolute atomic E-state index is 14.9. The van der Waals surface area contributed by atoms with Crippen molar-refractivity contribution in [1.29, 1.82) is 0 Å². The molecule has 2 aromatic carbocycles. The van der Waals surface area contributed by atoms with Gasteiger partial charge in [0.25, 0.3) is 0 Å². The molecule has 0 bridgehead atoms. The third-order valence-corrected chi connectivity index (χ3v) is 5.66. The van der Waals surface area contributed by atoms with Gasteiger partial charge in [0.05, 0.1) is 5.82 Å². The molecule has 1 saturated heterocycles. The molecule has 3 aromatic rings. The van der Waals surface area contributed by atoms with Gasteiger partial charge in [-0.3, -0.25) is 14.6 Å². The highest BCUT2D eigenvalue weighted by Gasteiger charge is 2.31. The lowest BCUT2D eigenvalue weighted by molar-refractivity contribution is -0.106. The van der Waals surface area contributed by atoms with Crippen molar-refractivity contribution in [2.75, 3.05) is 55.4 Å². The molecule has 4 N–H and O–H groups in total. The van der Waals surface area contributed by atoms with E-state index in [4.69, 9.17) is 9.53 Å². The van der Waals surface area contributed by atoms with E-state index in [0.717, 1.165) is 25.2 Å². The summed E-state index contributed by atoms with van der Waals surface area (Å²) in [5.41, 5.74) is 5.47. The number of carbonyl (C=O) groups is 2. The molecule has 2 heterocycles. The number of benzene rings is 2. The van der Waals surface area contributed by atoms with Crippen molar-refractivity contribution in [3.63, 3.8) is 0 Å². The highest BCUT2D eigenvalue weighted by Crippen LogP contribution is 2.31. The van der Waals surface area contributed by atoms with Crippen molar-refractivity contribution in [1.82, 2.24) is 15.2 Å². The number of rotatable bonds is 11. The minimum absolute atomic E-state index is 0.0584. The van der Waals surface area contributed by atoms with E-state index >= 15 is 0 Å². The molecule has 0 aliphatic carbocycles. The molecule has 1 fully saturated rings. The van der Waals surface area contributed by atoms with Crippen molar-refractivity contribution in [3.05, 3.63) is 85.1 Å². The van der Waals surface area contributed by atoms with Crippen molar-refractivity contribution >= 4 is 29.6 Å². The molecular weight excluding hydrogens is 501 g/mol. The number of hydrogen-bond donors (Lipinski definition) is 3. The highest BCUT2D eigenvalue weighted by atomic mass is 19.1. The molecule has 39 heavy (non-hydrogen) atoms. The maximum atomic E-state index is 14.9. The molecule has 0 unspecified atom stereocenters. The van der Waals surface area contributed by atoms with Gasteiger partial charge in [-0.15, -0.1) is 0 Å². The molecule has 0 radical (unpaired) electrons. The summed E-state index contributed by atoms with van der Waals surface area (Å²) >= 11 is 0. The molecule has 0 saturated carbocycles. The van der Waals surface area contributed by atoms with Gasteiger partial charge in [0.15, 0.2) is 11.6 Å². The smallest absolute Gasteiger partial charge is 0.329 e. The number of ether oxygens (including phenoxy) is 1. The SMILES string of the molecule is C=C(NCCCN(C)C)Nc1cc(Oc2ccc(N3CCN(c4ccccc4)C3=O)cc2F)ccn1.NC=O. The summed E-state index contributed by atoms with van der Waals surface area (Å²) in [7, 11) is 4.06. The van der Waals surface area contributed by atoms with Crippen LogP contribution in [-0.4, -0.2) is 62.6 Å². The van der Waals surface area contributed by atoms with Gasteiger partial charge in [0, 0.05) is 49.3 Å². The van der Waals surface area contributed by atoms with Crippen molar-refractivity contribution < 1.29 is 18.7 Å². The van der Waals surface area contributed by atoms with Crippen LogP contribution in [0.4, 0.5) is 26.4 Å². The second kappa shape index (κ2) is 14.3. The van der Waals surface area contributed by atoms with Crippen LogP contribution in [0.1, 0.15) is 6.42 Å². The third-order valence-electron chi connectivity index (χ3n) is 5.66. The lowest BCUT2D eigenvalue weighted by Crippen LogP contribution is -2.31. The second-order valence-electron chi connectivity index (χ2n) is 8.84. The van der Waals surface area contributed by atoms with E-state index in [0.29, 0.717) is 36.2 Å². The van der Waals surface area contributed by atoms with E-state index in [2.05, 4.69) is 32.8 Å². The molecule has 1 aromatic heterocycles. The summed E-state index contributed by atoms with van der Waals surface area (Å²) in [6.07, 6.45) is 2.80. The largest absolute Gasteiger partial charge is 0.454 e. The zero-order chi connectivity index (χ0) is 28.2. The van der Waals surface area contributed by atoms with Crippen molar-refractivity contribution in [2.45, 2.75) is 6.42 Å². The van der Waals surface area contributed by atoms with Crippen molar-refractivity contribution in [3.8, 4) is 11.5 Å². The molecule has 4 rings (SSSR count). The summed E-state index contributed by atoms with van der Waals surface area (Å²) < 4.78 is 20.7. The number of hydrogen-bond acceptors (Lipinski definition) is 7. The molecule has 206 valence electrons. The van der Waals surface area contributed by atoms with E-state index in [1.54, 1.807) is 34.2 Å². The Kier molecular flexibility index (Phi) is 10.6. The number of anilines is 3. The normalized spacial score (nSPS) is 12.6. The second-order valence-corrected chi connectivity index (χ2v) is 8.84. The summed E-state index contributed by atoms with van der Waals surface area (Å²) in [6, 6.07) is 17.1. The number of urea groups is 1. The molecule has 11 heteroatoms. The zero-order valence-electron chi connectivity index (χ0n) is 22.1. The third kappa shape index (κ3) is 8.44. The fourth-order valence-corrected chi connectivity index (χ4v) is 3.87. The summed E-state index contributed by atoms with van der Waals surface area (Å²) in [6.45, 7) is 6.72. The van der Waals surface area contributed by atoms with Crippen LogP contribution >= 0.6 is 0 Å². The lowest BCUT2D eigenvalue weighted by atomic mass is 10.2. The molecule has 1 aliphatic rings. The van der Waals surface area contributed by atoms with Gasteiger partial charge in [-0.05, 0) is 57.4 Å². The Hall–Kier alpha value is -4.64. The van der Waals surface area contributed by atoms with E-state index in [-0.39, 0.29) is 18.2 Å². The molecule has 0 spiro atoms. The number of para-hydroxylation sites is 1. The number of primary amides is 1. The number of nitrogens with zero attached hydrogens (tertiary/aromatic N) is 4. The van der Waals surface area contributed by atoms with Gasteiger partial charge in [0.1, 0.15) is 11.6 Å². The Morgan fingerprint density at radius 2 is 1.82 bits per heavy atom. The Bertz CT molecular complexity index is 1260. The average Bonchev–Trinajstić information content (AvgIpc) is 3.30. The average molecular weight is 536 g/mol. The standard InChI is InChI=1S/C27H31FN6O2.CH3NO/c1-20(29-13-7-15-32(2)3)31-26-19-23(12-14-30-26)36-25-11-10-22(18-24(25)28)34-17-16-33(27(34)35)21-8-5-4-6-9-21;2-1-3/h4-6,8-12,14,18-19,29H,1,7,13,15-17H2,2-3H3,(H,30,31);1H,(H2,2,3). The van der Waals surface area contributed by atoms with Crippen LogP contribution in [0.25, 0.3) is 0 Å². The first-order valence-corrected chi connectivity index (χ1v) is 12.4. The van der Waals surface area contributed by atoms with E-state index in [9.17, 15) is 9.18 Å². The first-order chi connectivity index (χ1) is 18.8. The van der Waals surface area contributed by atoms with Crippen LogP contribution in [0.15, 0.2) is 79.3 Å². The highest BCUT2D eigenvalue weighted by molar-refractivity contribution is 6.06. The lowest BCUT2D eigenvalue weighted by Gasteiger charge is -2.19. The van der Waals surface area contributed by atoms with Gasteiger partial charge in [-0.1, -0.05) is 24.8 Å². The predicted octanol–water partition coefficient (Wildman–Crippen LogP) is 3.99. The molecule has 3 amide bonds. The van der Waals surface area contributed by atoms with Crippen LogP contribution in [0.2, 0.25) is 0 Å². The van der Waals surface area contributed by atoms with Crippen LogP contribution in [0.5, 0.6) is 11.5 Å². The molecule has 10 nitrogen and oxygen atoms in total. The van der Waals surface area contributed by atoms with Gasteiger partial charge < -0.3 is 26.0 Å². The number of nitrogens with one attached hydrogen (secondary N) is 2. The fraction of sp³-hybridized carbons (Fsp3) is 0.250. The zero-order valence-corrected chi connectivity index (χ0v) is 22.1. The summed E-state index contributed by atoms with van der Waals surface area (Å²) in [5, 5.41) is 6.29. The van der Waals surface area contributed by atoms with E-state index < -0.39 is 5.82 Å². The number of nitrogens with two attached hydrogens (primary N) is 1. The minimum Gasteiger partial charge on any atom is -0.454 e. The Labute approximate surface area is 227 Å². The number of halogens is 1. The van der Waals surface area contributed by atoms with Crippen LogP contribution in [0.3, 0.4) is 0 Å². The Morgan fingerprint density at radius 3 is 2.49 bits per heavy atom. The Balaban J connectivity index is 0.00000134. The quantitative estimate of drug-likeness (QED) is 0.251. The monoisotopic (exact) mass is 535 g/mol. The van der Waals surface area contributed by atoms with Gasteiger partial charge >= 0.3 is 6.03 Å². The summed E-state index contributed by atoms with van der Waals surface area (Å²) in [4.78, 5) is 31.1. The molecule has 1 aliphatic heterocycles. The first-order valence-electron chi connectivity index (χ1n) is 12.4. The number of aromatic nitrogens is 1. The molecular formula is C28H34FN7O3. The number of pyridine rings is 1. The van der Waals surface area contributed by atoms with Crippen LogP contribution in [0, 0.1) is 5.82 Å². The Morgan fingerprint density at radius 1 is 1.13 bits per heavy atom. The number of amides is 3. The summed E-state index contributed by atoms with van der Waals surface area (Å²) in [5.74, 6) is 1.07. The van der Waals surface area contributed by atoms with E-state index in [1.807, 2.05) is 44.4 Å². The number of carbonyl (C=O) groups excluding carboxylic acids is 2. The maximum Gasteiger partial charge on any atom is 0.329 e. The fourth-order valence-electron chi connectivity index (χ4n) is 3.87. The predicted molar refractivity (Wildman–Crippen MR) is 151 cm³/mol.